The van der Waals surface area contributed by atoms with Gasteiger partial charge in [-0.25, -0.2) is 8.78 Å². The Morgan fingerprint density at radius 1 is 1.19 bits per heavy atom. The number of ether oxygens (including phenoxy) is 1. The zero-order valence-electron chi connectivity index (χ0n) is 9.77. The summed E-state index contributed by atoms with van der Waals surface area (Å²) in [4.78, 5) is 0. The molecular formula is C12H15ClF2O. The molecule has 1 aromatic rings. The number of benzene rings is 1. The van der Waals surface area contributed by atoms with E-state index < -0.39 is 22.4 Å². The molecule has 1 rings (SSSR count). The smallest absolute Gasteiger partial charge is 0.134 e. The molecule has 0 saturated heterocycles. The van der Waals surface area contributed by atoms with Crippen molar-refractivity contribution in [2.45, 2.75) is 26.1 Å². The van der Waals surface area contributed by atoms with Gasteiger partial charge in [0.2, 0.25) is 0 Å². The molecule has 0 bridgehead atoms. The van der Waals surface area contributed by atoms with Crippen molar-refractivity contribution in [3.05, 3.63) is 29.3 Å². The number of halogens is 3. The normalized spacial score (nSPS) is 13.7. The minimum absolute atomic E-state index is 0.102. The van der Waals surface area contributed by atoms with Gasteiger partial charge in [0, 0.05) is 17.7 Å². The summed E-state index contributed by atoms with van der Waals surface area (Å²) in [6, 6.07) is 2.28. The van der Waals surface area contributed by atoms with E-state index in [2.05, 4.69) is 0 Å². The average Bonchev–Trinajstić information content (AvgIpc) is 2.14. The van der Waals surface area contributed by atoms with Crippen LogP contribution < -0.4 is 4.74 Å². The lowest BCUT2D eigenvalue weighted by atomic mass is 9.87. The summed E-state index contributed by atoms with van der Waals surface area (Å²) in [6.07, 6.45) is 0. The lowest BCUT2D eigenvalue weighted by molar-refractivity contribution is 0.369. The molecule has 1 atom stereocenters. The second kappa shape index (κ2) is 4.58. The molecule has 1 unspecified atom stereocenters. The van der Waals surface area contributed by atoms with Gasteiger partial charge < -0.3 is 4.74 Å². The largest absolute Gasteiger partial charge is 0.497 e. The van der Waals surface area contributed by atoms with Crippen molar-refractivity contribution in [2.24, 2.45) is 5.41 Å². The Kier molecular flexibility index (Phi) is 3.79. The molecule has 0 aliphatic carbocycles. The van der Waals surface area contributed by atoms with Crippen LogP contribution in [-0.4, -0.2) is 7.11 Å². The van der Waals surface area contributed by atoms with E-state index in [-0.39, 0.29) is 11.3 Å². The third kappa shape index (κ3) is 2.64. The predicted octanol–water partition coefficient (Wildman–Crippen LogP) is 4.30. The van der Waals surface area contributed by atoms with Gasteiger partial charge in [0.15, 0.2) is 0 Å². The Morgan fingerprint density at radius 3 is 1.94 bits per heavy atom. The average molecular weight is 249 g/mol. The van der Waals surface area contributed by atoms with Crippen LogP contribution in [0.15, 0.2) is 12.1 Å². The van der Waals surface area contributed by atoms with Crippen molar-refractivity contribution in [3.63, 3.8) is 0 Å². The zero-order valence-corrected chi connectivity index (χ0v) is 10.5. The van der Waals surface area contributed by atoms with Crippen molar-refractivity contribution in [3.8, 4) is 5.75 Å². The molecule has 0 amide bonds. The van der Waals surface area contributed by atoms with Gasteiger partial charge in [-0.2, -0.15) is 0 Å². The second-order valence-corrected chi connectivity index (χ2v) is 5.17. The predicted molar refractivity (Wildman–Crippen MR) is 61.0 cm³/mol. The van der Waals surface area contributed by atoms with Crippen molar-refractivity contribution < 1.29 is 13.5 Å². The molecule has 0 spiro atoms. The van der Waals surface area contributed by atoms with Gasteiger partial charge in [-0.1, -0.05) is 20.8 Å². The molecule has 0 N–H and O–H groups in total. The highest BCUT2D eigenvalue weighted by Gasteiger charge is 2.29. The van der Waals surface area contributed by atoms with Crippen LogP contribution in [0.5, 0.6) is 5.75 Å². The number of alkyl halides is 1. The quantitative estimate of drug-likeness (QED) is 0.709. The number of hydrogen-bond acceptors (Lipinski definition) is 1. The molecule has 0 fully saturated rings. The van der Waals surface area contributed by atoms with E-state index in [1.54, 1.807) is 0 Å². The van der Waals surface area contributed by atoms with Crippen molar-refractivity contribution >= 4 is 11.6 Å². The van der Waals surface area contributed by atoms with Crippen LogP contribution >= 0.6 is 11.6 Å². The fourth-order valence-electron chi connectivity index (χ4n) is 1.35. The molecule has 0 aliphatic rings. The van der Waals surface area contributed by atoms with E-state index >= 15 is 0 Å². The number of methoxy groups -OCH3 is 1. The maximum Gasteiger partial charge on any atom is 0.134 e. The first-order chi connectivity index (χ1) is 7.27. The summed E-state index contributed by atoms with van der Waals surface area (Å²) in [7, 11) is 1.36. The van der Waals surface area contributed by atoms with Gasteiger partial charge in [0.1, 0.15) is 17.4 Å². The highest BCUT2D eigenvalue weighted by molar-refractivity contribution is 6.21. The van der Waals surface area contributed by atoms with Crippen LogP contribution in [0.2, 0.25) is 0 Å². The standard InChI is InChI=1S/C12H15ClF2O/c1-12(2,3)11(13)10-8(14)5-7(16-4)6-9(10)15/h5-6,11H,1-4H3. The molecule has 0 heterocycles. The second-order valence-electron chi connectivity index (χ2n) is 4.73. The Bertz CT molecular complexity index is 362. The molecule has 0 radical (unpaired) electrons. The molecule has 90 valence electrons. The first-order valence-corrected chi connectivity index (χ1v) is 5.38. The van der Waals surface area contributed by atoms with Gasteiger partial charge >= 0.3 is 0 Å². The number of hydrogen-bond donors (Lipinski definition) is 0. The number of rotatable bonds is 2. The van der Waals surface area contributed by atoms with E-state index in [0.717, 1.165) is 12.1 Å². The molecule has 0 saturated carbocycles. The fourth-order valence-corrected chi connectivity index (χ4v) is 1.56. The monoisotopic (exact) mass is 248 g/mol. The summed E-state index contributed by atoms with van der Waals surface area (Å²) in [6.45, 7) is 5.48. The maximum absolute atomic E-state index is 13.7. The van der Waals surface area contributed by atoms with E-state index in [1.807, 2.05) is 20.8 Å². The van der Waals surface area contributed by atoms with E-state index in [9.17, 15) is 8.78 Å². The Morgan fingerprint density at radius 2 is 1.62 bits per heavy atom. The minimum Gasteiger partial charge on any atom is -0.497 e. The summed E-state index contributed by atoms with van der Waals surface area (Å²) >= 11 is 6.07. The van der Waals surface area contributed by atoms with Gasteiger partial charge in [-0.3, -0.25) is 0 Å². The molecular weight excluding hydrogens is 234 g/mol. The summed E-state index contributed by atoms with van der Waals surface area (Å²) < 4.78 is 32.1. The van der Waals surface area contributed by atoms with Crippen molar-refractivity contribution in [1.29, 1.82) is 0 Å². The van der Waals surface area contributed by atoms with Crippen LogP contribution in [0.25, 0.3) is 0 Å². The highest BCUT2D eigenvalue weighted by atomic mass is 35.5. The fraction of sp³-hybridized carbons (Fsp3) is 0.500. The first-order valence-electron chi connectivity index (χ1n) is 4.94. The SMILES string of the molecule is COc1cc(F)c(C(Cl)C(C)(C)C)c(F)c1. The van der Waals surface area contributed by atoms with Crippen LogP contribution in [-0.2, 0) is 0 Å². The topological polar surface area (TPSA) is 9.23 Å². The molecule has 16 heavy (non-hydrogen) atoms. The lowest BCUT2D eigenvalue weighted by Gasteiger charge is -2.26. The molecule has 0 aliphatic heterocycles. The maximum atomic E-state index is 13.7. The Hall–Kier alpha value is -0.830. The van der Waals surface area contributed by atoms with Crippen LogP contribution in [0, 0.1) is 17.0 Å². The van der Waals surface area contributed by atoms with Gasteiger partial charge in [-0.15, -0.1) is 11.6 Å². The van der Waals surface area contributed by atoms with Gasteiger partial charge in [0.05, 0.1) is 12.5 Å². The molecule has 4 heteroatoms. The van der Waals surface area contributed by atoms with E-state index in [4.69, 9.17) is 16.3 Å². The van der Waals surface area contributed by atoms with Gasteiger partial charge in [-0.05, 0) is 5.41 Å². The molecule has 1 aromatic carbocycles. The summed E-state index contributed by atoms with van der Waals surface area (Å²) in [5.41, 5.74) is -0.521. The summed E-state index contributed by atoms with van der Waals surface area (Å²) in [5, 5.41) is -0.724. The third-order valence-corrected chi connectivity index (χ3v) is 3.17. The van der Waals surface area contributed by atoms with Crippen LogP contribution in [0.4, 0.5) is 8.78 Å². The van der Waals surface area contributed by atoms with Crippen LogP contribution in [0.1, 0.15) is 31.7 Å². The molecule has 0 aromatic heterocycles. The van der Waals surface area contributed by atoms with E-state index in [1.165, 1.54) is 7.11 Å². The lowest BCUT2D eigenvalue weighted by Crippen LogP contribution is -2.16. The van der Waals surface area contributed by atoms with Crippen molar-refractivity contribution in [2.75, 3.05) is 7.11 Å². The van der Waals surface area contributed by atoms with Gasteiger partial charge in [0.25, 0.3) is 0 Å². The Balaban J connectivity index is 3.25. The van der Waals surface area contributed by atoms with Crippen molar-refractivity contribution in [1.82, 2.24) is 0 Å². The minimum atomic E-state index is -0.724. The third-order valence-electron chi connectivity index (χ3n) is 2.30. The first kappa shape index (κ1) is 13.2. The van der Waals surface area contributed by atoms with E-state index in [0.29, 0.717) is 0 Å². The molecule has 1 nitrogen and oxygen atoms in total. The van der Waals surface area contributed by atoms with Crippen LogP contribution in [0.3, 0.4) is 0 Å². The Labute approximate surface area is 99.4 Å². The zero-order chi connectivity index (χ0) is 12.5. The highest BCUT2D eigenvalue weighted by Crippen LogP contribution is 2.41. The summed E-state index contributed by atoms with van der Waals surface area (Å²) in [5.74, 6) is -1.20.